The Morgan fingerprint density at radius 1 is 1.59 bits per heavy atom. The van der Waals surface area contributed by atoms with E-state index in [0.717, 1.165) is 22.7 Å². The van der Waals surface area contributed by atoms with Crippen molar-refractivity contribution >= 4 is 27.4 Å². The highest BCUT2D eigenvalue weighted by molar-refractivity contribution is 7.88. The number of nitrogens with one attached hydrogen (secondary N) is 1. The van der Waals surface area contributed by atoms with Crippen molar-refractivity contribution in [2.24, 2.45) is 0 Å². The molecular weight excluding hydrogens is 324 g/mol. The van der Waals surface area contributed by atoms with Gasteiger partial charge in [-0.1, -0.05) is 0 Å². The van der Waals surface area contributed by atoms with Crippen molar-refractivity contribution in [2.45, 2.75) is 32.4 Å². The normalized spacial score (nSPS) is 19.9. The molecule has 2 rings (SSSR count). The van der Waals surface area contributed by atoms with Gasteiger partial charge in [0.2, 0.25) is 10.0 Å². The molecule has 1 fully saturated rings. The van der Waals surface area contributed by atoms with Crippen LogP contribution in [0.25, 0.3) is 0 Å². The number of carbonyl (C=O) groups is 1. The second kappa shape index (κ2) is 6.93. The van der Waals surface area contributed by atoms with E-state index in [9.17, 15) is 13.2 Å². The molecule has 1 N–H and O–H groups in total. The minimum Gasteiger partial charge on any atom is -0.334 e. The third-order valence-electron chi connectivity index (χ3n) is 3.59. The number of thiazole rings is 1. The number of piperidine rings is 1. The van der Waals surface area contributed by atoms with Crippen LogP contribution in [0.5, 0.6) is 0 Å². The molecule has 22 heavy (non-hydrogen) atoms. The standard InChI is InChI=1S/C13H22N4O3S2/c1-10-14-7-12(21-10)9-16(2)13(18)15-11-5-4-6-17(8-11)22(3,19)20/h7,11H,4-6,8-9H2,1-3H3,(H,15,18). The molecule has 0 saturated carbocycles. The van der Waals surface area contributed by atoms with Gasteiger partial charge in [-0.15, -0.1) is 11.3 Å². The Morgan fingerprint density at radius 3 is 2.91 bits per heavy atom. The Bertz CT molecular complexity index is 629. The first-order chi connectivity index (χ1) is 10.3. The summed E-state index contributed by atoms with van der Waals surface area (Å²) in [4.78, 5) is 19.0. The zero-order valence-electron chi connectivity index (χ0n) is 13.1. The Labute approximate surface area is 135 Å². The molecule has 124 valence electrons. The van der Waals surface area contributed by atoms with Crippen molar-refractivity contribution in [3.8, 4) is 0 Å². The predicted molar refractivity (Wildman–Crippen MR) is 86.3 cm³/mol. The van der Waals surface area contributed by atoms with E-state index in [-0.39, 0.29) is 12.1 Å². The molecule has 1 saturated heterocycles. The maximum absolute atomic E-state index is 12.2. The lowest BCUT2D eigenvalue weighted by atomic mass is 10.1. The third-order valence-corrected chi connectivity index (χ3v) is 5.76. The summed E-state index contributed by atoms with van der Waals surface area (Å²) in [5.74, 6) is 0. The largest absolute Gasteiger partial charge is 0.334 e. The van der Waals surface area contributed by atoms with Gasteiger partial charge in [0.1, 0.15) is 0 Å². The number of hydrogen-bond acceptors (Lipinski definition) is 5. The zero-order chi connectivity index (χ0) is 16.3. The van der Waals surface area contributed by atoms with E-state index in [0.29, 0.717) is 19.6 Å². The number of rotatable bonds is 4. The summed E-state index contributed by atoms with van der Waals surface area (Å²) in [7, 11) is -1.48. The van der Waals surface area contributed by atoms with E-state index in [4.69, 9.17) is 0 Å². The van der Waals surface area contributed by atoms with Crippen molar-refractivity contribution in [3.05, 3.63) is 16.1 Å². The average Bonchev–Trinajstić information content (AvgIpc) is 2.83. The van der Waals surface area contributed by atoms with Crippen molar-refractivity contribution < 1.29 is 13.2 Å². The molecule has 0 radical (unpaired) electrons. The molecule has 1 aliphatic heterocycles. The van der Waals surface area contributed by atoms with Crippen molar-refractivity contribution in [1.82, 2.24) is 19.5 Å². The van der Waals surface area contributed by atoms with E-state index in [1.807, 2.05) is 6.92 Å². The summed E-state index contributed by atoms with van der Waals surface area (Å²) in [6.45, 7) is 3.30. The van der Waals surface area contributed by atoms with Crippen LogP contribution in [0.4, 0.5) is 4.79 Å². The number of hydrogen-bond donors (Lipinski definition) is 1. The topological polar surface area (TPSA) is 82.6 Å². The first-order valence-electron chi connectivity index (χ1n) is 7.14. The summed E-state index contributed by atoms with van der Waals surface area (Å²) in [6.07, 6.45) is 4.53. The van der Waals surface area contributed by atoms with Gasteiger partial charge < -0.3 is 10.2 Å². The SMILES string of the molecule is Cc1ncc(CN(C)C(=O)NC2CCCN(S(C)(=O)=O)C2)s1. The Hall–Kier alpha value is -1.19. The number of carbonyl (C=O) groups excluding carboxylic acids is 1. The van der Waals surface area contributed by atoms with E-state index in [2.05, 4.69) is 10.3 Å². The second-order valence-corrected chi connectivity index (χ2v) is 8.91. The minimum absolute atomic E-state index is 0.137. The lowest BCUT2D eigenvalue weighted by Crippen LogP contribution is -2.51. The summed E-state index contributed by atoms with van der Waals surface area (Å²) < 4.78 is 24.6. The molecule has 2 heterocycles. The van der Waals surface area contributed by atoms with Crippen LogP contribution in [0.2, 0.25) is 0 Å². The zero-order valence-corrected chi connectivity index (χ0v) is 14.7. The van der Waals surface area contributed by atoms with Crippen molar-refractivity contribution in [3.63, 3.8) is 0 Å². The number of nitrogens with zero attached hydrogens (tertiary/aromatic N) is 3. The maximum atomic E-state index is 12.2. The first kappa shape index (κ1) is 17.2. The molecule has 7 nitrogen and oxygen atoms in total. The summed E-state index contributed by atoms with van der Waals surface area (Å²) >= 11 is 1.56. The van der Waals surface area contributed by atoms with E-state index in [1.165, 1.54) is 10.6 Å². The van der Waals surface area contributed by atoms with Crippen LogP contribution in [0.3, 0.4) is 0 Å². The fraction of sp³-hybridized carbons (Fsp3) is 0.692. The van der Waals surface area contributed by atoms with Gasteiger partial charge in [-0.25, -0.2) is 22.5 Å². The molecule has 1 atom stereocenters. The maximum Gasteiger partial charge on any atom is 0.317 e. The number of sulfonamides is 1. The van der Waals surface area contributed by atoms with Crippen LogP contribution in [-0.2, 0) is 16.6 Å². The van der Waals surface area contributed by atoms with Crippen LogP contribution in [0.15, 0.2) is 6.20 Å². The van der Waals surface area contributed by atoms with Gasteiger partial charge in [-0.05, 0) is 19.8 Å². The van der Waals surface area contributed by atoms with Gasteiger partial charge in [0, 0.05) is 37.3 Å². The highest BCUT2D eigenvalue weighted by Crippen LogP contribution is 2.15. The summed E-state index contributed by atoms with van der Waals surface area (Å²) in [5, 5.41) is 3.88. The molecule has 0 aromatic carbocycles. The van der Waals surface area contributed by atoms with Crippen LogP contribution in [-0.4, -0.2) is 61.1 Å². The minimum atomic E-state index is -3.20. The molecule has 2 amide bonds. The molecular formula is C13H22N4O3S2. The molecule has 0 bridgehead atoms. The van der Waals surface area contributed by atoms with Gasteiger partial charge in [-0.2, -0.15) is 0 Å². The Kier molecular flexibility index (Phi) is 5.41. The smallest absolute Gasteiger partial charge is 0.317 e. The third kappa shape index (κ3) is 4.65. The lowest BCUT2D eigenvalue weighted by Gasteiger charge is -2.32. The highest BCUT2D eigenvalue weighted by Gasteiger charge is 2.27. The molecule has 1 unspecified atom stereocenters. The second-order valence-electron chi connectivity index (χ2n) is 5.61. The molecule has 1 aliphatic rings. The molecule has 9 heteroatoms. The number of urea groups is 1. The van der Waals surface area contributed by atoms with Crippen LogP contribution in [0, 0.1) is 6.92 Å². The highest BCUT2D eigenvalue weighted by atomic mass is 32.2. The van der Waals surface area contributed by atoms with Gasteiger partial charge in [0.15, 0.2) is 0 Å². The van der Waals surface area contributed by atoms with E-state index < -0.39 is 10.0 Å². The van der Waals surface area contributed by atoms with E-state index in [1.54, 1.807) is 29.5 Å². The number of aromatic nitrogens is 1. The number of amides is 2. The van der Waals surface area contributed by atoms with Crippen molar-refractivity contribution in [2.75, 3.05) is 26.4 Å². The Morgan fingerprint density at radius 2 is 2.32 bits per heavy atom. The van der Waals surface area contributed by atoms with E-state index >= 15 is 0 Å². The lowest BCUT2D eigenvalue weighted by molar-refractivity contribution is 0.194. The monoisotopic (exact) mass is 346 g/mol. The van der Waals surface area contributed by atoms with Crippen LogP contribution >= 0.6 is 11.3 Å². The fourth-order valence-corrected chi connectivity index (χ4v) is 4.19. The molecule has 1 aromatic heterocycles. The predicted octanol–water partition coefficient (Wildman–Crippen LogP) is 1.02. The van der Waals surface area contributed by atoms with Crippen molar-refractivity contribution in [1.29, 1.82) is 0 Å². The van der Waals surface area contributed by atoms with Gasteiger partial charge >= 0.3 is 6.03 Å². The van der Waals surface area contributed by atoms with Gasteiger partial charge in [0.25, 0.3) is 0 Å². The molecule has 0 spiro atoms. The first-order valence-corrected chi connectivity index (χ1v) is 9.80. The van der Waals surface area contributed by atoms with Crippen LogP contribution in [0.1, 0.15) is 22.7 Å². The Balaban J connectivity index is 1.88. The molecule has 1 aromatic rings. The summed E-state index contributed by atoms with van der Waals surface area (Å²) in [6, 6.07) is -0.326. The van der Waals surface area contributed by atoms with Gasteiger partial charge in [-0.3, -0.25) is 0 Å². The average molecular weight is 346 g/mol. The number of aryl methyl sites for hydroxylation is 1. The van der Waals surface area contributed by atoms with Gasteiger partial charge in [0.05, 0.1) is 17.8 Å². The van der Waals surface area contributed by atoms with Crippen LogP contribution < -0.4 is 5.32 Å². The fourth-order valence-electron chi connectivity index (χ4n) is 2.43. The quantitative estimate of drug-likeness (QED) is 0.882. The summed E-state index contributed by atoms with van der Waals surface area (Å²) in [5.41, 5.74) is 0. The molecule has 0 aliphatic carbocycles.